The number of ether oxygens (including phenoxy) is 2. The third kappa shape index (κ3) is 3.59. The fourth-order valence-corrected chi connectivity index (χ4v) is 5.67. The molecule has 0 N–H and O–H groups in total. The van der Waals surface area contributed by atoms with Crippen LogP contribution in [0.3, 0.4) is 0 Å². The summed E-state index contributed by atoms with van der Waals surface area (Å²) in [5, 5.41) is 0. The van der Waals surface area contributed by atoms with Gasteiger partial charge in [-0.2, -0.15) is 0 Å². The quantitative estimate of drug-likeness (QED) is 0.511. The molecular weight excluding hydrogens is 398 g/mol. The summed E-state index contributed by atoms with van der Waals surface area (Å²) >= 11 is 0. The lowest BCUT2D eigenvalue weighted by Gasteiger charge is -2.37. The monoisotopic (exact) mass is 427 g/mol. The standard InChI is InChI=1S/C28H29NO3/c1-3-32-28(30)26-24-17-21-11-7-8-12-23(21)27(29(24)18-19-9-5-4-6-10-19)25(26)20-13-15-22(31-2)16-14-20/h4-16,24-27H,3,17-18H2,1-2H3. The Morgan fingerprint density at radius 1 is 0.969 bits per heavy atom. The molecule has 0 aromatic heterocycles. The zero-order valence-corrected chi connectivity index (χ0v) is 18.6. The van der Waals surface area contributed by atoms with Crippen molar-refractivity contribution in [2.75, 3.05) is 13.7 Å². The van der Waals surface area contributed by atoms with E-state index in [4.69, 9.17) is 9.47 Å². The first-order chi connectivity index (χ1) is 15.7. The Hall–Kier alpha value is -3.11. The number of hydrogen-bond acceptors (Lipinski definition) is 4. The molecule has 1 saturated heterocycles. The van der Waals surface area contributed by atoms with E-state index in [-0.39, 0.29) is 29.9 Å². The number of fused-ring (bicyclic) bond motifs is 4. The minimum Gasteiger partial charge on any atom is -0.497 e. The fraction of sp³-hybridized carbons (Fsp3) is 0.321. The molecule has 5 rings (SSSR count). The number of nitrogens with zero attached hydrogens (tertiary/aromatic N) is 1. The third-order valence-corrected chi connectivity index (χ3v) is 7.00. The van der Waals surface area contributed by atoms with Gasteiger partial charge < -0.3 is 9.47 Å². The van der Waals surface area contributed by atoms with Gasteiger partial charge in [0.25, 0.3) is 0 Å². The zero-order chi connectivity index (χ0) is 22.1. The number of carbonyl (C=O) groups excluding carboxylic acids is 1. The number of carbonyl (C=O) groups is 1. The predicted molar refractivity (Wildman–Crippen MR) is 125 cm³/mol. The number of hydrogen-bond donors (Lipinski definition) is 0. The highest BCUT2D eigenvalue weighted by Gasteiger charge is 2.56. The number of methoxy groups -OCH3 is 1. The number of benzene rings is 3. The van der Waals surface area contributed by atoms with Gasteiger partial charge in [0, 0.05) is 24.5 Å². The molecule has 2 bridgehead atoms. The molecule has 164 valence electrons. The van der Waals surface area contributed by atoms with Crippen LogP contribution in [0.15, 0.2) is 78.9 Å². The van der Waals surface area contributed by atoms with Gasteiger partial charge in [-0.05, 0) is 47.7 Å². The van der Waals surface area contributed by atoms with Gasteiger partial charge >= 0.3 is 5.97 Å². The van der Waals surface area contributed by atoms with Crippen LogP contribution < -0.4 is 4.74 Å². The first kappa shape index (κ1) is 20.8. The van der Waals surface area contributed by atoms with Crippen molar-refractivity contribution in [3.8, 4) is 5.75 Å². The molecule has 2 heterocycles. The molecule has 2 aliphatic rings. The van der Waals surface area contributed by atoms with Crippen LogP contribution in [-0.4, -0.2) is 30.6 Å². The Bertz CT molecular complexity index is 1080. The average Bonchev–Trinajstić information content (AvgIpc) is 3.04. The second-order valence-corrected chi connectivity index (χ2v) is 8.65. The van der Waals surface area contributed by atoms with E-state index < -0.39 is 0 Å². The van der Waals surface area contributed by atoms with Crippen LogP contribution in [-0.2, 0) is 22.5 Å². The zero-order valence-electron chi connectivity index (χ0n) is 18.6. The van der Waals surface area contributed by atoms with E-state index >= 15 is 0 Å². The summed E-state index contributed by atoms with van der Waals surface area (Å²) in [6, 6.07) is 27.6. The molecule has 0 aliphatic carbocycles. The fourth-order valence-electron chi connectivity index (χ4n) is 5.67. The van der Waals surface area contributed by atoms with E-state index in [9.17, 15) is 4.79 Å². The van der Waals surface area contributed by atoms with Gasteiger partial charge in [0.05, 0.1) is 19.6 Å². The van der Waals surface area contributed by atoms with Gasteiger partial charge in [-0.3, -0.25) is 9.69 Å². The molecule has 4 atom stereocenters. The lowest BCUT2D eigenvalue weighted by atomic mass is 9.81. The van der Waals surface area contributed by atoms with Crippen molar-refractivity contribution in [2.24, 2.45) is 5.92 Å². The predicted octanol–water partition coefficient (Wildman–Crippen LogP) is 5.14. The molecule has 4 nitrogen and oxygen atoms in total. The molecule has 3 aromatic rings. The van der Waals surface area contributed by atoms with E-state index in [2.05, 4.69) is 65.6 Å². The molecule has 4 heteroatoms. The second-order valence-electron chi connectivity index (χ2n) is 8.65. The molecule has 3 aromatic carbocycles. The van der Waals surface area contributed by atoms with Crippen LogP contribution >= 0.6 is 0 Å². The highest BCUT2D eigenvalue weighted by molar-refractivity contribution is 5.76. The van der Waals surface area contributed by atoms with Crippen LogP contribution in [0.4, 0.5) is 0 Å². The second kappa shape index (κ2) is 8.79. The summed E-state index contributed by atoms with van der Waals surface area (Å²) in [7, 11) is 1.68. The van der Waals surface area contributed by atoms with Gasteiger partial charge in [0.15, 0.2) is 0 Å². The van der Waals surface area contributed by atoms with Crippen LogP contribution in [0.1, 0.15) is 41.1 Å². The Balaban J connectivity index is 1.63. The third-order valence-electron chi connectivity index (χ3n) is 7.00. The van der Waals surface area contributed by atoms with Crippen molar-refractivity contribution in [1.82, 2.24) is 4.90 Å². The van der Waals surface area contributed by atoms with Gasteiger partial charge in [-0.15, -0.1) is 0 Å². The maximum Gasteiger partial charge on any atom is 0.311 e. The highest BCUT2D eigenvalue weighted by atomic mass is 16.5. The van der Waals surface area contributed by atoms with E-state index in [1.54, 1.807) is 7.11 Å². The Labute approximate surface area is 189 Å². The van der Waals surface area contributed by atoms with Gasteiger partial charge in [-0.25, -0.2) is 0 Å². The van der Waals surface area contributed by atoms with Crippen molar-refractivity contribution >= 4 is 5.97 Å². The van der Waals surface area contributed by atoms with E-state index in [1.807, 2.05) is 25.1 Å². The van der Waals surface area contributed by atoms with Gasteiger partial charge in [0.1, 0.15) is 5.75 Å². The molecule has 1 fully saturated rings. The SMILES string of the molecule is CCOC(=O)C1C(c2ccc(OC)cc2)C2c3ccccc3CC1N2Cc1ccccc1. The van der Waals surface area contributed by atoms with Crippen molar-refractivity contribution < 1.29 is 14.3 Å². The van der Waals surface area contributed by atoms with Crippen LogP contribution in [0.2, 0.25) is 0 Å². The normalized spacial score (nSPS) is 24.1. The van der Waals surface area contributed by atoms with Crippen LogP contribution in [0.25, 0.3) is 0 Å². The lowest BCUT2D eigenvalue weighted by molar-refractivity contribution is -0.149. The molecule has 32 heavy (non-hydrogen) atoms. The van der Waals surface area contributed by atoms with Crippen molar-refractivity contribution in [2.45, 2.75) is 37.9 Å². The number of rotatable bonds is 6. The summed E-state index contributed by atoms with van der Waals surface area (Å²) in [4.78, 5) is 15.9. The summed E-state index contributed by atoms with van der Waals surface area (Å²) in [5.41, 5.74) is 5.09. The Morgan fingerprint density at radius 3 is 2.41 bits per heavy atom. The molecule has 0 amide bonds. The maximum absolute atomic E-state index is 13.4. The van der Waals surface area contributed by atoms with E-state index in [0.29, 0.717) is 6.61 Å². The van der Waals surface area contributed by atoms with Crippen LogP contribution in [0.5, 0.6) is 5.75 Å². The summed E-state index contributed by atoms with van der Waals surface area (Å²) in [6.07, 6.45) is 0.857. The molecule has 4 unspecified atom stereocenters. The van der Waals surface area contributed by atoms with Gasteiger partial charge in [-0.1, -0.05) is 66.7 Å². The Kier molecular flexibility index (Phi) is 5.71. The minimum atomic E-state index is -0.218. The molecule has 0 saturated carbocycles. The van der Waals surface area contributed by atoms with Crippen molar-refractivity contribution in [3.63, 3.8) is 0 Å². The number of esters is 1. The lowest BCUT2D eigenvalue weighted by Crippen LogP contribution is -2.41. The first-order valence-electron chi connectivity index (χ1n) is 11.4. The van der Waals surface area contributed by atoms with Crippen molar-refractivity contribution in [3.05, 3.63) is 101 Å². The maximum atomic E-state index is 13.4. The van der Waals surface area contributed by atoms with Gasteiger partial charge in [0.2, 0.25) is 0 Å². The smallest absolute Gasteiger partial charge is 0.311 e. The summed E-state index contributed by atoms with van der Waals surface area (Å²) in [5.74, 6) is 0.539. The van der Waals surface area contributed by atoms with E-state index in [1.165, 1.54) is 16.7 Å². The topological polar surface area (TPSA) is 38.8 Å². The van der Waals surface area contributed by atoms with E-state index in [0.717, 1.165) is 24.3 Å². The Morgan fingerprint density at radius 2 is 1.69 bits per heavy atom. The first-order valence-corrected chi connectivity index (χ1v) is 11.4. The molecule has 2 aliphatic heterocycles. The molecular formula is C28H29NO3. The highest BCUT2D eigenvalue weighted by Crippen LogP contribution is 2.56. The summed E-state index contributed by atoms with van der Waals surface area (Å²) < 4.78 is 11.0. The largest absolute Gasteiger partial charge is 0.497 e. The van der Waals surface area contributed by atoms with Crippen molar-refractivity contribution in [1.29, 1.82) is 0 Å². The summed E-state index contributed by atoms with van der Waals surface area (Å²) in [6.45, 7) is 3.10. The molecule has 0 radical (unpaired) electrons. The van der Waals surface area contributed by atoms with Crippen LogP contribution in [0, 0.1) is 5.92 Å². The average molecular weight is 428 g/mol. The minimum absolute atomic E-state index is 0.0253. The molecule has 0 spiro atoms.